The molecule has 0 unspecified atom stereocenters. The van der Waals surface area contributed by atoms with Crippen LogP contribution in [-0.2, 0) is 6.54 Å². The van der Waals surface area contributed by atoms with Crippen molar-refractivity contribution in [2.45, 2.75) is 32.2 Å². The van der Waals surface area contributed by atoms with Gasteiger partial charge in [-0.2, -0.15) is 0 Å². The number of allylic oxidation sites excluding steroid dienone is 1. The van der Waals surface area contributed by atoms with Crippen LogP contribution in [0.25, 0.3) is 11.3 Å². The third-order valence-electron chi connectivity index (χ3n) is 3.66. The van der Waals surface area contributed by atoms with Gasteiger partial charge >= 0.3 is 0 Å². The van der Waals surface area contributed by atoms with E-state index >= 15 is 0 Å². The number of rotatable bonds is 6. The Labute approximate surface area is 124 Å². The molecule has 0 saturated heterocycles. The highest BCUT2D eigenvalue weighted by Crippen LogP contribution is 2.22. The van der Waals surface area contributed by atoms with Crippen molar-refractivity contribution in [3.63, 3.8) is 0 Å². The number of nitrogens with one attached hydrogen (secondary N) is 1. The Balaban J connectivity index is 1.48. The Morgan fingerprint density at radius 1 is 1.20 bits per heavy atom. The van der Waals surface area contributed by atoms with Crippen LogP contribution in [0.5, 0.6) is 0 Å². The summed E-state index contributed by atoms with van der Waals surface area (Å²) < 4.78 is 0. The lowest BCUT2D eigenvalue weighted by molar-refractivity contribution is 0.673. The van der Waals surface area contributed by atoms with Crippen LogP contribution in [0, 0.1) is 0 Å². The average Bonchev–Trinajstić information content (AvgIpc) is 3.16. The van der Waals surface area contributed by atoms with E-state index in [0.29, 0.717) is 0 Å². The maximum absolute atomic E-state index is 4.69. The first-order valence-corrected chi connectivity index (χ1v) is 8.18. The van der Waals surface area contributed by atoms with Crippen molar-refractivity contribution in [2.24, 2.45) is 0 Å². The molecule has 1 aromatic carbocycles. The minimum absolute atomic E-state index is 0.880. The van der Waals surface area contributed by atoms with Gasteiger partial charge < -0.3 is 5.32 Å². The van der Waals surface area contributed by atoms with Crippen molar-refractivity contribution in [1.82, 2.24) is 10.3 Å². The molecular formula is C17H20N2S. The van der Waals surface area contributed by atoms with E-state index in [-0.39, 0.29) is 0 Å². The van der Waals surface area contributed by atoms with Crippen LogP contribution in [0.15, 0.2) is 47.4 Å². The number of hydrogen-bond acceptors (Lipinski definition) is 3. The molecule has 3 heteroatoms. The van der Waals surface area contributed by atoms with Crippen molar-refractivity contribution in [2.75, 3.05) is 6.54 Å². The Morgan fingerprint density at radius 2 is 2.10 bits per heavy atom. The topological polar surface area (TPSA) is 24.9 Å². The second-order valence-electron chi connectivity index (χ2n) is 5.17. The van der Waals surface area contributed by atoms with Gasteiger partial charge in [0.2, 0.25) is 0 Å². The first-order valence-electron chi connectivity index (χ1n) is 7.30. The van der Waals surface area contributed by atoms with Gasteiger partial charge in [-0.05, 0) is 32.2 Å². The van der Waals surface area contributed by atoms with Crippen molar-refractivity contribution < 1.29 is 0 Å². The van der Waals surface area contributed by atoms with E-state index in [4.69, 9.17) is 4.98 Å². The van der Waals surface area contributed by atoms with E-state index in [9.17, 15) is 0 Å². The Bertz CT molecular complexity index is 572. The highest BCUT2D eigenvalue weighted by atomic mass is 32.1. The summed E-state index contributed by atoms with van der Waals surface area (Å²) in [4.78, 5) is 4.69. The zero-order chi connectivity index (χ0) is 13.6. The smallest absolute Gasteiger partial charge is 0.107 e. The van der Waals surface area contributed by atoms with Crippen LogP contribution in [0.4, 0.5) is 0 Å². The Hall–Kier alpha value is -1.45. The normalized spacial score (nSPS) is 14.5. The van der Waals surface area contributed by atoms with Gasteiger partial charge in [-0.15, -0.1) is 11.3 Å². The Morgan fingerprint density at radius 3 is 2.90 bits per heavy atom. The van der Waals surface area contributed by atoms with Crippen molar-refractivity contribution in [3.05, 3.63) is 52.4 Å². The summed E-state index contributed by atoms with van der Waals surface area (Å²) >= 11 is 1.74. The van der Waals surface area contributed by atoms with Crippen molar-refractivity contribution in [1.29, 1.82) is 0 Å². The molecule has 0 radical (unpaired) electrons. The van der Waals surface area contributed by atoms with E-state index in [2.05, 4.69) is 41.0 Å². The molecule has 0 saturated carbocycles. The van der Waals surface area contributed by atoms with Gasteiger partial charge in [-0.25, -0.2) is 4.98 Å². The van der Waals surface area contributed by atoms with Gasteiger partial charge in [-0.1, -0.05) is 42.0 Å². The van der Waals surface area contributed by atoms with Crippen LogP contribution in [0.3, 0.4) is 0 Å². The van der Waals surface area contributed by atoms with Crippen LogP contribution in [0.2, 0.25) is 0 Å². The van der Waals surface area contributed by atoms with Gasteiger partial charge in [0.25, 0.3) is 0 Å². The summed E-state index contributed by atoms with van der Waals surface area (Å²) in [6.45, 7) is 1.94. The van der Waals surface area contributed by atoms with E-state index in [1.165, 1.54) is 36.3 Å². The zero-order valence-electron chi connectivity index (χ0n) is 11.6. The molecule has 0 atom stereocenters. The summed E-state index contributed by atoms with van der Waals surface area (Å²) in [5, 5.41) is 6.82. The lowest BCUT2D eigenvalue weighted by atomic mass is 10.2. The molecule has 1 aliphatic carbocycles. The second-order valence-corrected chi connectivity index (χ2v) is 6.12. The molecule has 1 heterocycles. The van der Waals surface area contributed by atoms with E-state index < -0.39 is 0 Å². The molecule has 0 aliphatic heterocycles. The van der Waals surface area contributed by atoms with E-state index in [1.54, 1.807) is 16.9 Å². The molecule has 2 nitrogen and oxygen atoms in total. The maximum Gasteiger partial charge on any atom is 0.107 e. The predicted molar refractivity (Wildman–Crippen MR) is 85.8 cm³/mol. The van der Waals surface area contributed by atoms with Crippen LogP contribution < -0.4 is 5.32 Å². The fraction of sp³-hybridized carbons (Fsp3) is 0.353. The fourth-order valence-electron chi connectivity index (χ4n) is 2.54. The fourth-order valence-corrected chi connectivity index (χ4v) is 3.32. The quantitative estimate of drug-likeness (QED) is 0.628. The molecule has 1 aliphatic rings. The molecule has 1 N–H and O–H groups in total. The number of nitrogens with zero attached hydrogens (tertiary/aromatic N) is 1. The lowest BCUT2D eigenvalue weighted by Crippen LogP contribution is -2.14. The number of hydrogen-bond donors (Lipinski definition) is 1. The standard InChI is InChI=1S/C17H20N2S/c1-2-8-15(9-3-1)16-13-20-17(19-16)12-18-11-10-14-6-4-5-7-14/h1-3,6,8-9,13,18H,4-5,7,10-12H2. The maximum atomic E-state index is 4.69. The monoisotopic (exact) mass is 284 g/mol. The van der Waals surface area contributed by atoms with Crippen LogP contribution in [-0.4, -0.2) is 11.5 Å². The predicted octanol–water partition coefficient (Wildman–Crippen LogP) is 4.40. The van der Waals surface area contributed by atoms with Crippen molar-refractivity contribution in [3.8, 4) is 11.3 Å². The molecular weight excluding hydrogens is 264 g/mol. The summed E-state index contributed by atoms with van der Waals surface area (Å²) in [6.07, 6.45) is 7.52. The molecule has 0 amide bonds. The average molecular weight is 284 g/mol. The van der Waals surface area contributed by atoms with Gasteiger partial charge in [-0.3, -0.25) is 0 Å². The first-order chi connectivity index (χ1) is 9.92. The Kier molecular flexibility index (Phi) is 4.61. The number of aromatic nitrogens is 1. The highest BCUT2D eigenvalue weighted by Gasteiger charge is 2.05. The molecule has 104 valence electrons. The van der Waals surface area contributed by atoms with Gasteiger partial charge in [0.05, 0.1) is 5.69 Å². The van der Waals surface area contributed by atoms with Gasteiger partial charge in [0.1, 0.15) is 5.01 Å². The van der Waals surface area contributed by atoms with Gasteiger partial charge in [0, 0.05) is 17.5 Å². The van der Waals surface area contributed by atoms with Crippen LogP contribution >= 0.6 is 11.3 Å². The molecule has 3 rings (SSSR count). The lowest BCUT2D eigenvalue weighted by Gasteiger charge is -2.03. The van der Waals surface area contributed by atoms with Crippen LogP contribution in [0.1, 0.15) is 30.7 Å². The third kappa shape index (κ3) is 3.56. The summed E-state index contributed by atoms with van der Waals surface area (Å²) in [5.41, 5.74) is 3.92. The minimum atomic E-state index is 0.880. The minimum Gasteiger partial charge on any atom is -0.310 e. The summed E-state index contributed by atoms with van der Waals surface area (Å²) in [7, 11) is 0. The molecule has 0 bridgehead atoms. The zero-order valence-corrected chi connectivity index (χ0v) is 12.5. The molecule has 20 heavy (non-hydrogen) atoms. The number of benzene rings is 1. The van der Waals surface area contributed by atoms with Crippen molar-refractivity contribution >= 4 is 11.3 Å². The summed E-state index contributed by atoms with van der Waals surface area (Å²) in [5.74, 6) is 0. The highest BCUT2D eigenvalue weighted by molar-refractivity contribution is 7.09. The first kappa shape index (κ1) is 13.5. The third-order valence-corrected chi connectivity index (χ3v) is 4.50. The second kappa shape index (κ2) is 6.82. The summed E-state index contributed by atoms with van der Waals surface area (Å²) in [6, 6.07) is 10.4. The SMILES string of the molecule is C1=C(CCNCc2nc(-c3ccccc3)cs2)CCC1. The number of thiazole rings is 1. The largest absolute Gasteiger partial charge is 0.310 e. The molecule has 0 fully saturated rings. The molecule has 1 aromatic heterocycles. The van der Waals surface area contributed by atoms with Gasteiger partial charge in [0.15, 0.2) is 0 Å². The molecule has 2 aromatic rings. The molecule has 0 spiro atoms. The van der Waals surface area contributed by atoms with E-state index in [0.717, 1.165) is 18.8 Å². The van der Waals surface area contributed by atoms with E-state index in [1.807, 2.05) is 6.07 Å².